The van der Waals surface area contributed by atoms with Crippen molar-refractivity contribution < 1.29 is 9.53 Å². The predicted octanol–water partition coefficient (Wildman–Crippen LogP) is 4.63. The molecule has 1 heterocycles. The van der Waals surface area contributed by atoms with Gasteiger partial charge in [-0.05, 0) is 48.7 Å². The maximum Gasteiger partial charge on any atom is 0.255 e. The van der Waals surface area contributed by atoms with E-state index in [0.29, 0.717) is 23.6 Å². The monoisotopic (exact) mass is 350 g/mol. The van der Waals surface area contributed by atoms with Gasteiger partial charge in [0.05, 0.1) is 0 Å². The second kappa shape index (κ2) is 8.35. The normalized spacial score (nSPS) is 10.3. The number of carbonyl (C=O) groups is 1. The fraction of sp³-hybridized carbons (Fsp3) is 0.100. The van der Waals surface area contributed by atoms with E-state index in [1.54, 1.807) is 24.2 Å². The zero-order valence-corrected chi connectivity index (χ0v) is 14.6. The number of amides is 1. The minimum atomic E-state index is -0.142. The van der Waals surface area contributed by atoms with E-state index in [-0.39, 0.29) is 5.91 Å². The summed E-state index contributed by atoms with van der Waals surface area (Å²) < 4.78 is 5.76. The van der Waals surface area contributed by atoms with Crippen LogP contribution in [0.5, 0.6) is 5.75 Å². The molecule has 4 nitrogen and oxygen atoms in total. The molecule has 0 aliphatic rings. The average Bonchev–Trinajstić information content (AvgIpc) is 2.67. The summed E-state index contributed by atoms with van der Waals surface area (Å²) in [5.74, 6) is 0.552. The van der Waals surface area contributed by atoms with Crippen LogP contribution in [0, 0.1) is 0 Å². The summed E-state index contributed by atoms with van der Waals surface area (Å²) in [5, 5.41) is 2.90. The topological polar surface area (TPSA) is 51.2 Å². The first kappa shape index (κ1) is 17.0. The van der Waals surface area contributed by atoms with Crippen LogP contribution in [-0.4, -0.2) is 17.1 Å². The van der Waals surface area contributed by atoms with Gasteiger partial charge in [-0.3, -0.25) is 9.78 Å². The van der Waals surface area contributed by atoms with E-state index in [2.05, 4.69) is 10.3 Å². The molecule has 3 aromatic rings. The molecule has 25 heavy (non-hydrogen) atoms. The number of carbonyl (C=O) groups excluding carboxylic acids is 1. The lowest BCUT2D eigenvalue weighted by Gasteiger charge is -2.09. The van der Waals surface area contributed by atoms with E-state index < -0.39 is 0 Å². The van der Waals surface area contributed by atoms with Crippen LogP contribution in [0.2, 0.25) is 0 Å². The molecule has 0 bridgehead atoms. The number of rotatable bonds is 6. The van der Waals surface area contributed by atoms with Crippen LogP contribution < -0.4 is 10.1 Å². The minimum absolute atomic E-state index is 0.142. The summed E-state index contributed by atoms with van der Waals surface area (Å²) in [4.78, 5) is 17.5. The Morgan fingerprint density at radius 2 is 1.96 bits per heavy atom. The van der Waals surface area contributed by atoms with Gasteiger partial charge >= 0.3 is 0 Å². The van der Waals surface area contributed by atoms with Gasteiger partial charge in [-0.2, -0.15) is 0 Å². The van der Waals surface area contributed by atoms with E-state index in [1.807, 2.05) is 66.9 Å². The first-order valence-corrected chi connectivity index (χ1v) is 9.04. The Labute approximate surface area is 151 Å². The molecule has 0 spiro atoms. The molecule has 0 unspecified atom stereocenters. The summed E-state index contributed by atoms with van der Waals surface area (Å²) in [7, 11) is 0. The average molecular weight is 350 g/mol. The van der Waals surface area contributed by atoms with Crippen LogP contribution >= 0.6 is 11.8 Å². The molecule has 0 aliphatic carbocycles. The highest BCUT2D eigenvalue weighted by Gasteiger charge is 2.07. The lowest BCUT2D eigenvalue weighted by atomic mass is 10.2. The molecule has 0 fully saturated rings. The summed E-state index contributed by atoms with van der Waals surface area (Å²) in [6.45, 7) is 0.432. The molecule has 1 amide bonds. The largest absolute Gasteiger partial charge is 0.489 e. The summed E-state index contributed by atoms with van der Waals surface area (Å²) in [5.41, 5.74) is 2.31. The Kier molecular flexibility index (Phi) is 5.69. The van der Waals surface area contributed by atoms with Gasteiger partial charge in [0, 0.05) is 40.2 Å². The Hall–Kier alpha value is -2.79. The third kappa shape index (κ3) is 4.84. The number of pyridine rings is 1. The standard InChI is InChI=1S/C20H18N2O2S/c1-25-19-9-7-16(8-10-19)20(23)22-17-5-2-6-18(12-17)24-14-15-4-3-11-21-13-15/h2-13H,14H2,1H3,(H,22,23). The van der Waals surface area contributed by atoms with Gasteiger partial charge in [-0.25, -0.2) is 0 Å². The Morgan fingerprint density at radius 3 is 2.68 bits per heavy atom. The van der Waals surface area contributed by atoms with Crippen molar-refractivity contribution in [3.63, 3.8) is 0 Å². The molecule has 5 heteroatoms. The quantitative estimate of drug-likeness (QED) is 0.658. The predicted molar refractivity (Wildman–Crippen MR) is 101 cm³/mol. The highest BCUT2D eigenvalue weighted by atomic mass is 32.2. The number of hydrogen-bond acceptors (Lipinski definition) is 4. The Bertz CT molecular complexity index is 836. The molecule has 1 N–H and O–H groups in total. The molecular formula is C20H18N2O2S. The first-order chi connectivity index (χ1) is 12.2. The molecule has 0 aliphatic heterocycles. The van der Waals surface area contributed by atoms with Crippen LogP contribution in [0.15, 0.2) is 78.0 Å². The molecule has 0 radical (unpaired) electrons. The number of aromatic nitrogens is 1. The summed E-state index contributed by atoms with van der Waals surface area (Å²) >= 11 is 1.65. The first-order valence-electron chi connectivity index (χ1n) is 7.82. The molecule has 3 rings (SSSR count). The Balaban J connectivity index is 1.63. The number of hydrogen-bond donors (Lipinski definition) is 1. The van der Waals surface area contributed by atoms with Crippen molar-refractivity contribution >= 4 is 23.4 Å². The molecule has 1 aromatic heterocycles. The van der Waals surface area contributed by atoms with Crippen LogP contribution in [0.3, 0.4) is 0 Å². The fourth-order valence-electron chi connectivity index (χ4n) is 2.26. The number of nitrogens with zero attached hydrogens (tertiary/aromatic N) is 1. The maximum atomic E-state index is 12.3. The maximum absolute atomic E-state index is 12.3. The number of nitrogens with one attached hydrogen (secondary N) is 1. The van der Waals surface area contributed by atoms with Crippen molar-refractivity contribution in [3.8, 4) is 5.75 Å². The van der Waals surface area contributed by atoms with E-state index >= 15 is 0 Å². The van der Waals surface area contributed by atoms with E-state index in [9.17, 15) is 4.79 Å². The van der Waals surface area contributed by atoms with Crippen LogP contribution in [0.25, 0.3) is 0 Å². The molecule has 0 saturated carbocycles. The molecule has 0 saturated heterocycles. The number of benzene rings is 2. The third-order valence-electron chi connectivity index (χ3n) is 3.57. The summed E-state index contributed by atoms with van der Waals surface area (Å²) in [6, 6.07) is 18.7. The lowest BCUT2D eigenvalue weighted by Crippen LogP contribution is -2.11. The van der Waals surface area contributed by atoms with Crippen LogP contribution in [0.1, 0.15) is 15.9 Å². The van der Waals surface area contributed by atoms with E-state index in [4.69, 9.17) is 4.74 Å². The highest BCUT2D eigenvalue weighted by Crippen LogP contribution is 2.20. The summed E-state index contributed by atoms with van der Waals surface area (Å²) in [6.07, 6.45) is 5.50. The van der Waals surface area contributed by atoms with Gasteiger partial charge in [0.25, 0.3) is 5.91 Å². The van der Waals surface area contributed by atoms with Crippen LogP contribution in [-0.2, 0) is 6.61 Å². The van der Waals surface area contributed by atoms with Gasteiger partial charge in [0.2, 0.25) is 0 Å². The van der Waals surface area contributed by atoms with Gasteiger partial charge in [-0.15, -0.1) is 11.8 Å². The fourth-order valence-corrected chi connectivity index (χ4v) is 2.67. The molecule has 2 aromatic carbocycles. The zero-order valence-electron chi connectivity index (χ0n) is 13.8. The molecule has 0 atom stereocenters. The lowest BCUT2D eigenvalue weighted by molar-refractivity contribution is 0.102. The van der Waals surface area contributed by atoms with Crippen LogP contribution in [0.4, 0.5) is 5.69 Å². The van der Waals surface area contributed by atoms with Crippen molar-refractivity contribution in [3.05, 3.63) is 84.2 Å². The van der Waals surface area contributed by atoms with Gasteiger partial charge in [-0.1, -0.05) is 12.1 Å². The third-order valence-corrected chi connectivity index (χ3v) is 4.32. The second-order valence-corrected chi connectivity index (χ2v) is 6.24. The minimum Gasteiger partial charge on any atom is -0.489 e. The van der Waals surface area contributed by atoms with Gasteiger partial charge in [0.1, 0.15) is 12.4 Å². The second-order valence-electron chi connectivity index (χ2n) is 5.36. The van der Waals surface area contributed by atoms with E-state index in [1.165, 1.54) is 0 Å². The smallest absolute Gasteiger partial charge is 0.255 e. The Morgan fingerprint density at radius 1 is 1.12 bits per heavy atom. The van der Waals surface area contributed by atoms with E-state index in [0.717, 1.165) is 10.5 Å². The number of ether oxygens (including phenoxy) is 1. The van der Waals surface area contributed by atoms with Gasteiger partial charge < -0.3 is 10.1 Å². The van der Waals surface area contributed by atoms with Crippen molar-refractivity contribution in [1.29, 1.82) is 0 Å². The zero-order chi connectivity index (χ0) is 17.5. The molecule has 126 valence electrons. The van der Waals surface area contributed by atoms with Crippen molar-refractivity contribution in [1.82, 2.24) is 4.98 Å². The number of anilines is 1. The number of thioether (sulfide) groups is 1. The molecular weight excluding hydrogens is 332 g/mol. The van der Waals surface area contributed by atoms with Crippen molar-refractivity contribution in [2.24, 2.45) is 0 Å². The van der Waals surface area contributed by atoms with Gasteiger partial charge in [0.15, 0.2) is 0 Å². The van der Waals surface area contributed by atoms with Crippen molar-refractivity contribution in [2.45, 2.75) is 11.5 Å². The SMILES string of the molecule is CSc1ccc(C(=O)Nc2cccc(OCc3cccnc3)c2)cc1. The van der Waals surface area contributed by atoms with Crippen molar-refractivity contribution in [2.75, 3.05) is 11.6 Å². The highest BCUT2D eigenvalue weighted by molar-refractivity contribution is 7.98.